The SMILES string of the molecule is CCc1ccccc1Nc1c(C(N)=O)cnc2cc(OC)c(OCC(O)CN3CCCC3O)cc12.CCc1ccccc1Nc1c(C(N)=O)cnc2cc(OC)c(OCC(O)CNCCC#N)cc12. The van der Waals surface area contributed by atoms with Gasteiger partial charge in [-0.15, -0.1) is 0 Å². The molecule has 0 radical (unpaired) electrons. The Bertz CT molecular complexity index is 2770. The molecule has 10 N–H and O–H groups in total. The molecule has 364 valence electrons. The number of hydrogen-bond acceptors (Lipinski definition) is 16. The second-order valence-electron chi connectivity index (χ2n) is 16.3. The molecule has 4 aromatic carbocycles. The zero-order valence-corrected chi connectivity index (χ0v) is 39.3. The van der Waals surface area contributed by atoms with E-state index in [4.69, 9.17) is 35.7 Å². The van der Waals surface area contributed by atoms with E-state index in [1.807, 2.05) is 59.5 Å². The van der Waals surface area contributed by atoms with Crippen LogP contribution < -0.4 is 46.4 Å². The van der Waals surface area contributed by atoms with Crippen LogP contribution in [-0.4, -0.2) is 114 Å². The molecule has 2 aromatic heterocycles. The van der Waals surface area contributed by atoms with Crippen molar-refractivity contribution in [3.05, 3.63) is 107 Å². The predicted octanol–water partition coefficient (Wildman–Crippen LogP) is 5.69. The number of carbonyl (C=O) groups excluding carboxylic acids is 2. The van der Waals surface area contributed by atoms with E-state index in [0.717, 1.165) is 48.3 Å². The molecule has 3 heterocycles. The van der Waals surface area contributed by atoms with Gasteiger partial charge in [0.05, 0.1) is 53.8 Å². The normalized spacial score (nSPS) is 14.3. The maximum atomic E-state index is 12.3. The third-order valence-corrected chi connectivity index (χ3v) is 11.6. The Labute approximate surface area is 401 Å². The van der Waals surface area contributed by atoms with Crippen molar-refractivity contribution in [1.29, 1.82) is 5.26 Å². The largest absolute Gasteiger partial charge is 0.493 e. The number of para-hydroxylation sites is 2. The van der Waals surface area contributed by atoms with Crippen molar-refractivity contribution in [3.63, 3.8) is 0 Å². The van der Waals surface area contributed by atoms with E-state index < -0.39 is 30.3 Å². The van der Waals surface area contributed by atoms with E-state index in [-0.39, 0.29) is 30.9 Å². The first-order valence-corrected chi connectivity index (χ1v) is 22.8. The Morgan fingerprint density at radius 3 is 1.71 bits per heavy atom. The van der Waals surface area contributed by atoms with Crippen molar-refractivity contribution >= 4 is 56.4 Å². The van der Waals surface area contributed by atoms with E-state index in [1.165, 1.54) is 26.6 Å². The van der Waals surface area contributed by atoms with Gasteiger partial charge in [-0.3, -0.25) is 24.5 Å². The highest BCUT2D eigenvalue weighted by molar-refractivity contribution is 6.09. The molecule has 0 saturated carbocycles. The number of aryl methyl sites for hydroxylation is 2. The number of nitrogens with zero attached hydrogens (tertiary/aromatic N) is 4. The van der Waals surface area contributed by atoms with Gasteiger partial charge in [0.2, 0.25) is 0 Å². The highest BCUT2D eigenvalue weighted by Gasteiger charge is 2.25. The Morgan fingerprint density at radius 1 is 0.783 bits per heavy atom. The van der Waals surface area contributed by atoms with Crippen molar-refractivity contribution in [3.8, 4) is 29.1 Å². The number of aromatic nitrogens is 2. The van der Waals surface area contributed by atoms with Gasteiger partial charge in [0, 0.05) is 79.3 Å². The zero-order chi connectivity index (χ0) is 49.5. The maximum absolute atomic E-state index is 12.3. The summed E-state index contributed by atoms with van der Waals surface area (Å²) in [6.45, 7) is 5.95. The number of primary amides is 2. The number of hydrogen-bond donors (Lipinski definition) is 8. The van der Waals surface area contributed by atoms with Crippen molar-refractivity contribution in [2.75, 3.05) is 64.2 Å². The second-order valence-corrected chi connectivity index (χ2v) is 16.3. The summed E-state index contributed by atoms with van der Waals surface area (Å²) in [5.74, 6) is 0.468. The number of fused-ring (bicyclic) bond motifs is 2. The van der Waals surface area contributed by atoms with Gasteiger partial charge in [0.1, 0.15) is 31.6 Å². The number of benzene rings is 4. The monoisotopic (exact) mass is 943 g/mol. The third-order valence-electron chi connectivity index (χ3n) is 11.6. The Morgan fingerprint density at radius 2 is 1.28 bits per heavy atom. The summed E-state index contributed by atoms with van der Waals surface area (Å²) >= 11 is 0. The van der Waals surface area contributed by atoms with Crippen LogP contribution in [0, 0.1) is 11.3 Å². The highest BCUT2D eigenvalue weighted by Crippen LogP contribution is 2.39. The molecule has 18 nitrogen and oxygen atoms in total. The van der Waals surface area contributed by atoms with Crippen LogP contribution in [0.4, 0.5) is 22.7 Å². The summed E-state index contributed by atoms with van der Waals surface area (Å²) in [5, 5.41) is 50.3. The molecule has 18 heteroatoms. The van der Waals surface area contributed by atoms with Gasteiger partial charge < -0.3 is 61.7 Å². The topological polar surface area (TPSA) is 273 Å². The van der Waals surface area contributed by atoms with Gasteiger partial charge in [-0.05, 0) is 61.1 Å². The zero-order valence-electron chi connectivity index (χ0n) is 39.3. The van der Waals surface area contributed by atoms with Crippen molar-refractivity contribution in [1.82, 2.24) is 20.2 Å². The summed E-state index contributed by atoms with van der Waals surface area (Å²) < 4.78 is 22.8. The van der Waals surface area contributed by atoms with Crippen LogP contribution >= 0.6 is 0 Å². The van der Waals surface area contributed by atoms with Crippen molar-refractivity contribution in [2.45, 2.75) is 64.4 Å². The predicted molar refractivity (Wildman–Crippen MR) is 265 cm³/mol. The third kappa shape index (κ3) is 13.0. The minimum atomic E-state index is -0.799. The van der Waals surface area contributed by atoms with E-state index in [2.05, 4.69) is 39.8 Å². The summed E-state index contributed by atoms with van der Waals surface area (Å²) in [5.41, 5.74) is 18.0. The van der Waals surface area contributed by atoms with Crippen LogP contribution in [0.15, 0.2) is 85.2 Å². The lowest BCUT2D eigenvalue weighted by molar-refractivity contribution is -0.00463. The minimum Gasteiger partial charge on any atom is -0.493 e. The molecule has 6 aromatic rings. The summed E-state index contributed by atoms with van der Waals surface area (Å²) in [6.07, 6.45) is 4.36. The summed E-state index contributed by atoms with van der Waals surface area (Å²) in [6, 6.07) is 24.6. The van der Waals surface area contributed by atoms with Gasteiger partial charge in [-0.2, -0.15) is 5.26 Å². The van der Waals surface area contributed by atoms with Crippen LogP contribution in [0.25, 0.3) is 21.8 Å². The number of pyridine rings is 2. The average molecular weight is 944 g/mol. The molecule has 1 aliphatic rings. The van der Waals surface area contributed by atoms with Crippen molar-refractivity contribution < 1.29 is 43.9 Å². The summed E-state index contributed by atoms with van der Waals surface area (Å²) in [4.78, 5) is 35.1. The molecule has 0 aliphatic carbocycles. The molecule has 0 spiro atoms. The standard InChI is InChI=1S/C26H32N4O5.C25H29N5O4/c1-3-16-7-4-5-8-20(16)29-25-18-11-23(35-15-17(31)14-30-10-6-9-24(30)32)22(34-2)12-21(18)28-13-19(25)26(27)33;1-3-16-7-4-5-8-20(16)30-24-18-11-23(34-15-17(31)13-28-10-6-9-26)22(33-2)12-21(18)29-14-19(24)25(27)32/h4-5,7-8,11-13,17,24,31-32H,3,6,9-10,14-15H2,1-2H3,(H2,27,33)(H,28,29);4-5,7-8,11-12,14,17,28,31H,3,6,10,13,15H2,1-2H3,(H2,27,32)(H,29,30). The van der Waals surface area contributed by atoms with E-state index in [1.54, 1.807) is 24.3 Å². The number of aliphatic hydroxyl groups excluding tert-OH is 3. The Hall–Kier alpha value is -7.27. The first kappa shape index (κ1) is 51.1. The van der Waals surface area contributed by atoms with Crippen molar-refractivity contribution in [2.24, 2.45) is 11.5 Å². The fourth-order valence-electron chi connectivity index (χ4n) is 7.95. The van der Waals surface area contributed by atoms with E-state index in [0.29, 0.717) is 82.1 Å². The van der Waals surface area contributed by atoms with Crippen LogP contribution in [0.1, 0.15) is 65.0 Å². The first-order chi connectivity index (χ1) is 33.4. The fourth-order valence-corrected chi connectivity index (χ4v) is 7.95. The molecule has 1 aliphatic heterocycles. The number of β-amino-alcohol motifs (C(OH)–C–C–N with tert-alkyl or cyclic N) is 1. The molecular formula is C51H61N9O9. The quantitative estimate of drug-likeness (QED) is 0.0380. The number of rotatable bonds is 22. The molecular weight excluding hydrogens is 883 g/mol. The number of methoxy groups -OCH3 is 2. The number of carbonyl (C=O) groups is 2. The molecule has 3 atom stereocenters. The van der Waals surface area contributed by atoms with Crippen LogP contribution in [0.5, 0.6) is 23.0 Å². The lowest BCUT2D eigenvalue weighted by Gasteiger charge is -2.23. The van der Waals surface area contributed by atoms with Gasteiger partial charge in [0.15, 0.2) is 23.0 Å². The number of anilines is 4. The molecule has 0 bridgehead atoms. The highest BCUT2D eigenvalue weighted by atomic mass is 16.5. The number of aliphatic hydroxyl groups is 3. The number of amides is 2. The van der Waals surface area contributed by atoms with Gasteiger partial charge in [-0.1, -0.05) is 50.2 Å². The molecule has 1 fully saturated rings. The average Bonchev–Trinajstić information content (AvgIpc) is 3.76. The molecule has 1 saturated heterocycles. The van der Waals surface area contributed by atoms with Gasteiger partial charge in [-0.25, -0.2) is 0 Å². The van der Waals surface area contributed by atoms with Crippen LogP contribution in [-0.2, 0) is 12.8 Å². The molecule has 7 rings (SSSR count). The van der Waals surface area contributed by atoms with Gasteiger partial charge in [0.25, 0.3) is 11.8 Å². The molecule has 3 unspecified atom stereocenters. The number of nitrogens with two attached hydrogens (primary N) is 2. The van der Waals surface area contributed by atoms with Crippen LogP contribution in [0.2, 0.25) is 0 Å². The molecule has 2 amide bonds. The summed E-state index contributed by atoms with van der Waals surface area (Å²) in [7, 11) is 3.04. The van der Waals surface area contributed by atoms with Gasteiger partial charge >= 0.3 is 0 Å². The Balaban J connectivity index is 0.000000227. The Kier molecular flexibility index (Phi) is 18.3. The van der Waals surface area contributed by atoms with Crippen LogP contribution in [0.3, 0.4) is 0 Å². The second kappa shape index (κ2) is 24.7. The van der Waals surface area contributed by atoms with E-state index in [9.17, 15) is 24.9 Å². The molecule has 69 heavy (non-hydrogen) atoms. The number of nitrogens with one attached hydrogen (secondary N) is 3. The lowest BCUT2D eigenvalue weighted by atomic mass is 10.1. The minimum absolute atomic E-state index is 0.00574. The maximum Gasteiger partial charge on any atom is 0.252 e. The first-order valence-electron chi connectivity index (χ1n) is 22.8. The lowest BCUT2D eigenvalue weighted by Crippen LogP contribution is -2.38. The number of likely N-dealkylation sites (tertiary alicyclic amines) is 1. The number of nitriles is 1. The fraction of sp³-hybridized carbons (Fsp3) is 0.353. The smallest absolute Gasteiger partial charge is 0.252 e. The number of ether oxygens (including phenoxy) is 4. The van der Waals surface area contributed by atoms with E-state index >= 15 is 0 Å².